The molecule has 0 aromatic heterocycles. The van der Waals surface area contributed by atoms with Gasteiger partial charge in [-0.25, -0.2) is 4.39 Å². The fourth-order valence-electron chi connectivity index (χ4n) is 3.35. The van der Waals surface area contributed by atoms with Gasteiger partial charge in [0.05, 0.1) is 6.10 Å². The Bertz CT molecular complexity index is 449. The summed E-state index contributed by atoms with van der Waals surface area (Å²) in [7, 11) is 0. The van der Waals surface area contributed by atoms with E-state index in [-0.39, 0.29) is 5.82 Å². The zero-order valence-electron chi connectivity index (χ0n) is 13.5. The van der Waals surface area contributed by atoms with Crippen molar-refractivity contribution in [2.24, 2.45) is 5.92 Å². The molecule has 1 saturated heterocycles. The summed E-state index contributed by atoms with van der Waals surface area (Å²) >= 11 is 0. The van der Waals surface area contributed by atoms with Crippen molar-refractivity contribution in [1.82, 2.24) is 5.32 Å². The molecule has 1 aliphatic rings. The van der Waals surface area contributed by atoms with E-state index in [9.17, 15) is 4.39 Å². The van der Waals surface area contributed by atoms with Crippen LogP contribution in [0.15, 0.2) is 18.2 Å². The van der Waals surface area contributed by atoms with Gasteiger partial charge < -0.3 is 10.1 Å². The first kappa shape index (κ1) is 16.4. The Kier molecular flexibility index (Phi) is 6.19. The van der Waals surface area contributed by atoms with E-state index in [2.05, 4.69) is 26.1 Å². The van der Waals surface area contributed by atoms with E-state index >= 15 is 0 Å². The van der Waals surface area contributed by atoms with E-state index < -0.39 is 0 Å². The van der Waals surface area contributed by atoms with Gasteiger partial charge in [0.2, 0.25) is 0 Å². The molecule has 0 aliphatic carbocycles. The van der Waals surface area contributed by atoms with Crippen LogP contribution in [0, 0.1) is 18.7 Å². The predicted octanol–water partition coefficient (Wildman–Crippen LogP) is 3.86. The van der Waals surface area contributed by atoms with Crippen molar-refractivity contribution >= 4 is 0 Å². The topological polar surface area (TPSA) is 21.3 Å². The number of hydrogen-bond donors (Lipinski definition) is 1. The smallest absolute Gasteiger partial charge is 0.123 e. The SMILES string of the molecule is CCCNC(Cc1cc(F)ccc1C)C1CCOC1CC. The molecule has 0 amide bonds. The quantitative estimate of drug-likeness (QED) is 0.824. The van der Waals surface area contributed by atoms with Crippen LogP contribution in [0.1, 0.15) is 44.2 Å². The van der Waals surface area contributed by atoms with E-state index in [0.717, 1.165) is 44.4 Å². The first-order chi connectivity index (χ1) is 10.2. The lowest BCUT2D eigenvalue weighted by Crippen LogP contribution is -2.42. The van der Waals surface area contributed by atoms with Crippen molar-refractivity contribution in [3.05, 3.63) is 35.1 Å². The molecule has 0 saturated carbocycles. The molecule has 1 aromatic rings. The van der Waals surface area contributed by atoms with Crippen molar-refractivity contribution in [3.8, 4) is 0 Å². The average Bonchev–Trinajstić information content (AvgIpc) is 2.95. The molecule has 3 unspecified atom stereocenters. The van der Waals surface area contributed by atoms with Crippen LogP contribution in [-0.2, 0) is 11.2 Å². The number of aryl methyl sites for hydroxylation is 1. The second kappa shape index (κ2) is 7.90. The highest BCUT2D eigenvalue weighted by atomic mass is 19.1. The number of rotatable bonds is 7. The number of ether oxygens (including phenoxy) is 1. The predicted molar refractivity (Wildman–Crippen MR) is 85.1 cm³/mol. The van der Waals surface area contributed by atoms with Crippen molar-refractivity contribution in [3.63, 3.8) is 0 Å². The number of nitrogens with one attached hydrogen (secondary N) is 1. The second-order valence-corrected chi connectivity index (χ2v) is 6.11. The van der Waals surface area contributed by atoms with E-state index in [1.807, 2.05) is 6.07 Å². The molecule has 0 radical (unpaired) electrons. The molecule has 3 heteroatoms. The van der Waals surface area contributed by atoms with Crippen LogP contribution in [0.5, 0.6) is 0 Å². The zero-order valence-corrected chi connectivity index (χ0v) is 13.5. The van der Waals surface area contributed by atoms with Crippen molar-refractivity contribution in [2.45, 2.75) is 58.6 Å². The summed E-state index contributed by atoms with van der Waals surface area (Å²) in [6, 6.07) is 5.48. The van der Waals surface area contributed by atoms with Crippen LogP contribution >= 0.6 is 0 Å². The summed E-state index contributed by atoms with van der Waals surface area (Å²) in [6.07, 6.45) is 4.50. The molecule has 2 nitrogen and oxygen atoms in total. The van der Waals surface area contributed by atoms with Gasteiger partial charge in [-0.3, -0.25) is 0 Å². The van der Waals surface area contributed by atoms with Crippen LogP contribution < -0.4 is 5.32 Å². The summed E-state index contributed by atoms with van der Waals surface area (Å²) < 4.78 is 19.4. The third-order valence-corrected chi connectivity index (χ3v) is 4.59. The van der Waals surface area contributed by atoms with Crippen LogP contribution in [0.2, 0.25) is 0 Å². The van der Waals surface area contributed by atoms with Gasteiger partial charge in [0.1, 0.15) is 5.82 Å². The summed E-state index contributed by atoms with van der Waals surface area (Å²) in [5, 5.41) is 3.67. The lowest BCUT2D eigenvalue weighted by Gasteiger charge is -2.29. The Morgan fingerprint density at radius 1 is 1.38 bits per heavy atom. The molecule has 118 valence electrons. The highest BCUT2D eigenvalue weighted by molar-refractivity contribution is 5.27. The lowest BCUT2D eigenvalue weighted by molar-refractivity contribution is 0.0774. The largest absolute Gasteiger partial charge is 0.378 e. The second-order valence-electron chi connectivity index (χ2n) is 6.11. The van der Waals surface area contributed by atoms with Gasteiger partial charge in [0.25, 0.3) is 0 Å². The van der Waals surface area contributed by atoms with Gasteiger partial charge in [0, 0.05) is 18.6 Å². The van der Waals surface area contributed by atoms with Crippen LogP contribution in [0.3, 0.4) is 0 Å². The Balaban J connectivity index is 2.13. The fraction of sp³-hybridized carbons (Fsp3) is 0.667. The molecule has 1 heterocycles. The fourth-order valence-corrected chi connectivity index (χ4v) is 3.35. The molecule has 1 aliphatic heterocycles. The van der Waals surface area contributed by atoms with Gasteiger partial charge in [-0.2, -0.15) is 0 Å². The van der Waals surface area contributed by atoms with Gasteiger partial charge in [-0.1, -0.05) is 19.9 Å². The standard InChI is InChI=1S/C18H28FNO/c1-4-9-20-17(16-8-10-21-18(16)5-2)12-14-11-15(19)7-6-13(14)3/h6-7,11,16-18,20H,4-5,8-10,12H2,1-3H3. The Morgan fingerprint density at radius 2 is 2.19 bits per heavy atom. The molecule has 1 aromatic carbocycles. The highest BCUT2D eigenvalue weighted by Gasteiger charge is 2.33. The van der Waals surface area contributed by atoms with E-state index in [1.54, 1.807) is 12.1 Å². The summed E-state index contributed by atoms with van der Waals surface area (Å²) in [6.45, 7) is 8.29. The molecule has 2 rings (SSSR count). The van der Waals surface area contributed by atoms with Crippen LogP contribution in [0.25, 0.3) is 0 Å². The molecule has 21 heavy (non-hydrogen) atoms. The van der Waals surface area contributed by atoms with Crippen LogP contribution in [-0.4, -0.2) is 25.3 Å². The molecule has 1 N–H and O–H groups in total. The Labute approximate surface area is 128 Å². The first-order valence-electron chi connectivity index (χ1n) is 8.25. The average molecular weight is 293 g/mol. The van der Waals surface area contributed by atoms with Gasteiger partial charge in [-0.15, -0.1) is 0 Å². The number of halogens is 1. The first-order valence-corrected chi connectivity index (χ1v) is 8.25. The van der Waals surface area contributed by atoms with Gasteiger partial charge in [0.15, 0.2) is 0 Å². The van der Waals surface area contributed by atoms with E-state index in [1.165, 1.54) is 5.56 Å². The minimum Gasteiger partial charge on any atom is -0.378 e. The highest BCUT2D eigenvalue weighted by Crippen LogP contribution is 2.29. The number of benzene rings is 1. The van der Waals surface area contributed by atoms with Crippen molar-refractivity contribution < 1.29 is 9.13 Å². The molecule has 0 spiro atoms. The van der Waals surface area contributed by atoms with Crippen molar-refractivity contribution in [1.29, 1.82) is 0 Å². The summed E-state index contributed by atoms with van der Waals surface area (Å²) in [4.78, 5) is 0. The monoisotopic (exact) mass is 293 g/mol. The third kappa shape index (κ3) is 4.27. The minimum atomic E-state index is -0.139. The van der Waals surface area contributed by atoms with E-state index in [0.29, 0.717) is 18.1 Å². The Hall–Kier alpha value is -0.930. The molecule has 0 bridgehead atoms. The Morgan fingerprint density at radius 3 is 2.90 bits per heavy atom. The maximum atomic E-state index is 13.5. The molecule has 3 atom stereocenters. The minimum absolute atomic E-state index is 0.139. The zero-order chi connectivity index (χ0) is 15.2. The van der Waals surface area contributed by atoms with Crippen LogP contribution in [0.4, 0.5) is 4.39 Å². The maximum absolute atomic E-state index is 13.5. The maximum Gasteiger partial charge on any atom is 0.123 e. The molecule has 1 fully saturated rings. The summed E-state index contributed by atoms with van der Waals surface area (Å²) in [5.74, 6) is 0.392. The van der Waals surface area contributed by atoms with Gasteiger partial charge in [-0.05, 0) is 62.4 Å². The van der Waals surface area contributed by atoms with Gasteiger partial charge >= 0.3 is 0 Å². The molecular weight excluding hydrogens is 265 g/mol. The number of hydrogen-bond acceptors (Lipinski definition) is 2. The van der Waals surface area contributed by atoms with Crippen molar-refractivity contribution in [2.75, 3.05) is 13.2 Å². The summed E-state index contributed by atoms with van der Waals surface area (Å²) in [5.41, 5.74) is 2.29. The lowest BCUT2D eigenvalue weighted by atomic mass is 9.86. The molecular formula is C18H28FNO. The normalized spacial score (nSPS) is 23.4. The van der Waals surface area contributed by atoms with E-state index in [4.69, 9.17) is 4.74 Å². The third-order valence-electron chi connectivity index (χ3n) is 4.59.